The number of likely N-dealkylation sites (N-methyl/N-ethyl adjacent to an activating group) is 1. The van der Waals surface area contributed by atoms with Crippen molar-refractivity contribution in [2.24, 2.45) is 0 Å². The van der Waals surface area contributed by atoms with Gasteiger partial charge in [-0.25, -0.2) is 4.39 Å². The first kappa shape index (κ1) is 16.6. The number of halogens is 1. The van der Waals surface area contributed by atoms with Crippen LogP contribution in [0.5, 0.6) is 0 Å². The molecule has 25 heavy (non-hydrogen) atoms. The highest BCUT2D eigenvalue weighted by Crippen LogP contribution is 2.16. The van der Waals surface area contributed by atoms with Crippen molar-refractivity contribution < 1.29 is 14.0 Å². The topological polar surface area (TPSA) is 49.4 Å². The monoisotopic (exact) mass is 336 g/mol. The second-order valence-electron chi connectivity index (χ2n) is 5.78. The number of hydrogen-bond acceptors (Lipinski definition) is 2. The molecular formula is C20H17FN2O2. The van der Waals surface area contributed by atoms with Crippen LogP contribution in [0.3, 0.4) is 0 Å². The Morgan fingerprint density at radius 1 is 0.960 bits per heavy atom. The van der Waals surface area contributed by atoms with Crippen LogP contribution in [0.1, 0.15) is 10.4 Å². The van der Waals surface area contributed by atoms with Crippen molar-refractivity contribution in [2.75, 3.05) is 18.9 Å². The molecule has 2 amide bonds. The standard InChI is InChI=1S/C20H17FN2O2/c1-23(13-19(24)22-18-10-8-17(21)9-11-18)20(25)16-7-6-14-4-2-3-5-15(14)12-16/h2-12H,13H2,1H3,(H,22,24). The van der Waals surface area contributed by atoms with Crippen LogP contribution in [0, 0.1) is 5.82 Å². The third kappa shape index (κ3) is 4.01. The van der Waals surface area contributed by atoms with Crippen LogP contribution in [0.15, 0.2) is 66.7 Å². The molecule has 0 saturated carbocycles. The molecule has 0 fully saturated rings. The number of amides is 2. The molecule has 5 heteroatoms. The Balaban J connectivity index is 1.66. The van der Waals surface area contributed by atoms with Crippen molar-refractivity contribution >= 4 is 28.3 Å². The van der Waals surface area contributed by atoms with Crippen molar-refractivity contribution in [1.29, 1.82) is 0 Å². The molecule has 0 heterocycles. The lowest BCUT2D eigenvalue weighted by Crippen LogP contribution is -2.34. The predicted octanol–water partition coefficient (Wildman–Crippen LogP) is 3.69. The van der Waals surface area contributed by atoms with E-state index < -0.39 is 0 Å². The van der Waals surface area contributed by atoms with Gasteiger partial charge in [0.2, 0.25) is 5.91 Å². The highest BCUT2D eigenvalue weighted by molar-refractivity contribution is 6.01. The molecule has 0 bridgehead atoms. The van der Waals surface area contributed by atoms with Gasteiger partial charge < -0.3 is 10.2 Å². The fourth-order valence-corrected chi connectivity index (χ4v) is 2.56. The van der Waals surface area contributed by atoms with Crippen molar-refractivity contribution in [2.45, 2.75) is 0 Å². The lowest BCUT2D eigenvalue weighted by atomic mass is 10.1. The van der Waals surface area contributed by atoms with Crippen LogP contribution < -0.4 is 5.32 Å². The van der Waals surface area contributed by atoms with Gasteiger partial charge in [-0.2, -0.15) is 0 Å². The summed E-state index contributed by atoms with van der Waals surface area (Å²) in [5.41, 5.74) is 1.01. The summed E-state index contributed by atoms with van der Waals surface area (Å²) >= 11 is 0. The predicted molar refractivity (Wildman–Crippen MR) is 95.9 cm³/mol. The Morgan fingerprint density at radius 2 is 1.64 bits per heavy atom. The number of fused-ring (bicyclic) bond motifs is 1. The minimum Gasteiger partial charge on any atom is -0.332 e. The van der Waals surface area contributed by atoms with E-state index in [0.717, 1.165) is 10.8 Å². The molecule has 0 radical (unpaired) electrons. The SMILES string of the molecule is CN(CC(=O)Nc1ccc(F)cc1)C(=O)c1ccc2ccccc2c1. The Morgan fingerprint density at radius 3 is 2.36 bits per heavy atom. The Hall–Kier alpha value is -3.21. The van der Waals surface area contributed by atoms with Crippen LogP contribution >= 0.6 is 0 Å². The molecule has 0 aliphatic heterocycles. The Labute approximate surface area is 144 Å². The molecular weight excluding hydrogens is 319 g/mol. The second kappa shape index (κ2) is 7.13. The summed E-state index contributed by atoms with van der Waals surface area (Å²) in [5.74, 6) is -0.954. The quantitative estimate of drug-likeness (QED) is 0.790. The zero-order valence-corrected chi connectivity index (χ0v) is 13.7. The summed E-state index contributed by atoms with van der Waals surface area (Å²) in [7, 11) is 1.57. The van der Waals surface area contributed by atoms with Crippen LogP contribution in [0.2, 0.25) is 0 Å². The lowest BCUT2D eigenvalue weighted by Gasteiger charge is -2.17. The van der Waals surface area contributed by atoms with Crippen LogP contribution in [0.25, 0.3) is 10.8 Å². The number of anilines is 1. The van der Waals surface area contributed by atoms with E-state index in [9.17, 15) is 14.0 Å². The van der Waals surface area contributed by atoms with E-state index in [0.29, 0.717) is 11.3 Å². The maximum absolute atomic E-state index is 12.9. The Kier molecular flexibility index (Phi) is 4.75. The molecule has 0 saturated heterocycles. The third-order valence-corrected chi connectivity index (χ3v) is 3.85. The first-order chi connectivity index (χ1) is 12.0. The normalized spacial score (nSPS) is 10.5. The maximum atomic E-state index is 12.9. The summed E-state index contributed by atoms with van der Waals surface area (Å²) in [4.78, 5) is 25.9. The highest BCUT2D eigenvalue weighted by Gasteiger charge is 2.15. The minimum absolute atomic E-state index is 0.0942. The summed E-state index contributed by atoms with van der Waals surface area (Å²) in [5, 5.41) is 4.66. The van der Waals surface area contributed by atoms with Crippen molar-refractivity contribution in [1.82, 2.24) is 4.90 Å². The van der Waals surface area contributed by atoms with E-state index in [1.807, 2.05) is 36.4 Å². The first-order valence-corrected chi connectivity index (χ1v) is 7.82. The van der Waals surface area contributed by atoms with E-state index in [1.54, 1.807) is 13.1 Å². The zero-order valence-electron chi connectivity index (χ0n) is 13.7. The maximum Gasteiger partial charge on any atom is 0.254 e. The molecule has 0 aromatic heterocycles. The number of benzene rings is 3. The van der Waals surface area contributed by atoms with Gasteiger partial charge >= 0.3 is 0 Å². The average molecular weight is 336 g/mol. The van der Waals surface area contributed by atoms with Gasteiger partial charge in [-0.05, 0) is 47.2 Å². The van der Waals surface area contributed by atoms with E-state index in [4.69, 9.17) is 0 Å². The number of carbonyl (C=O) groups excluding carboxylic acids is 2. The van der Waals surface area contributed by atoms with Gasteiger partial charge in [0.05, 0.1) is 6.54 Å². The molecule has 0 aliphatic carbocycles. The fourth-order valence-electron chi connectivity index (χ4n) is 2.56. The second-order valence-corrected chi connectivity index (χ2v) is 5.78. The molecule has 4 nitrogen and oxygen atoms in total. The number of nitrogens with zero attached hydrogens (tertiary/aromatic N) is 1. The average Bonchev–Trinajstić information content (AvgIpc) is 2.62. The number of rotatable bonds is 4. The fraction of sp³-hybridized carbons (Fsp3) is 0.100. The molecule has 3 rings (SSSR count). The van der Waals surface area contributed by atoms with Crippen LogP contribution in [-0.4, -0.2) is 30.3 Å². The minimum atomic E-state index is -0.374. The van der Waals surface area contributed by atoms with E-state index >= 15 is 0 Å². The largest absolute Gasteiger partial charge is 0.332 e. The summed E-state index contributed by atoms with van der Waals surface area (Å²) in [6.07, 6.45) is 0. The third-order valence-electron chi connectivity index (χ3n) is 3.85. The number of hydrogen-bond donors (Lipinski definition) is 1. The van der Waals surface area contributed by atoms with Crippen molar-refractivity contribution in [3.63, 3.8) is 0 Å². The van der Waals surface area contributed by atoms with Gasteiger partial charge in [0.25, 0.3) is 5.91 Å². The number of nitrogens with one attached hydrogen (secondary N) is 1. The molecule has 0 unspecified atom stereocenters. The molecule has 126 valence electrons. The molecule has 0 atom stereocenters. The smallest absolute Gasteiger partial charge is 0.254 e. The van der Waals surface area contributed by atoms with Gasteiger partial charge in [0.1, 0.15) is 5.82 Å². The first-order valence-electron chi connectivity index (χ1n) is 7.82. The Bertz CT molecular complexity index is 922. The van der Waals surface area contributed by atoms with Gasteiger partial charge in [0, 0.05) is 18.3 Å². The molecule has 0 spiro atoms. The summed E-state index contributed by atoms with van der Waals surface area (Å²) in [6, 6.07) is 18.7. The zero-order chi connectivity index (χ0) is 17.8. The highest BCUT2D eigenvalue weighted by atomic mass is 19.1. The van der Waals surface area contributed by atoms with E-state index in [2.05, 4.69) is 5.32 Å². The lowest BCUT2D eigenvalue weighted by molar-refractivity contribution is -0.116. The van der Waals surface area contributed by atoms with Crippen molar-refractivity contribution in [3.8, 4) is 0 Å². The molecule has 1 N–H and O–H groups in total. The van der Waals surface area contributed by atoms with E-state index in [-0.39, 0.29) is 24.2 Å². The molecule has 3 aromatic carbocycles. The summed E-state index contributed by atoms with van der Waals surface area (Å²) < 4.78 is 12.9. The van der Waals surface area contributed by atoms with Gasteiger partial charge in [-0.1, -0.05) is 30.3 Å². The van der Waals surface area contributed by atoms with Crippen LogP contribution in [0.4, 0.5) is 10.1 Å². The van der Waals surface area contributed by atoms with Gasteiger partial charge in [-0.15, -0.1) is 0 Å². The molecule has 3 aromatic rings. The van der Waals surface area contributed by atoms with Crippen LogP contribution in [-0.2, 0) is 4.79 Å². The van der Waals surface area contributed by atoms with E-state index in [1.165, 1.54) is 29.2 Å². The van der Waals surface area contributed by atoms with Gasteiger partial charge in [0.15, 0.2) is 0 Å². The van der Waals surface area contributed by atoms with Gasteiger partial charge in [-0.3, -0.25) is 9.59 Å². The summed E-state index contributed by atoms with van der Waals surface area (Å²) in [6.45, 7) is -0.0942. The number of carbonyl (C=O) groups is 2. The van der Waals surface area contributed by atoms with Crippen molar-refractivity contribution in [3.05, 3.63) is 78.1 Å². The molecule has 0 aliphatic rings.